The van der Waals surface area contributed by atoms with E-state index in [2.05, 4.69) is 27.2 Å². The molecule has 1 aliphatic heterocycles. The zero-order valence-electron chi connectivity index (χ0n) is 8.16. The number of piperazine rings is 1. The van der Waals surface area contributed by atoms with Crippen LogP contribution in [0, 0.1) is 0 Å². The Kier molecular flexibility index (Phi) is 2.60. The van der Waals surface area contributed by atoms with Crippen molar-refractivity contribution in [3.05, 3.63) is 28.4 Å². The smallest absolute Gasteiger partial charge is 0.255 e. The molecule has 0 bridgehead atoms. The summed E-state index contributed by atoms with van der Waals surface area (Å²) in [4.78, 5) is 20.2. The highest BCUT2D eigenvalue weighted by molar-refractivity contribution is 5.11. The molecular weight excluding hydrogens is 180 g/mol. The lowest BCUT2D eigenvalue weighted by Crippen LogP contribution is -2.45. The molecule has 2 N–H and O–H groups in total. The standard InChI is InChI=1S/C9H14N4O/c1-13-3-2-11-8(5-13)7-4-10-6-12-9(7)14/h4,6,8,11H,2-3,5H2,1H3,(H,10,12,14). The number of rotatable bonds is 1. The first-order valence-electron chi connectivity index (χ1n) is 4.72. The van der Waals surface area contributed by atoms with Gasteiger partial charge in [0.25, 0.3) is 5.56 Å². The van der Waals surface area contributed by atoms with Crippen molar-refractivity contribution in [3.8, 4) is 0 Å². The fourth-order valence-corrected chi connectivity index (χ4v) is 1.71. The lowest BCUT2D eigenvalue weighted by atomic mass is 10.1. The molecule has 5 heteroatoms. The van der Waals surface area contributed by atoms with E-state index in [1.165, 1.54) is 6.33 Å². The van der Waals surface area contributed by atoms with Crippen LogP contribution in [0.1, 0.15) is 11.6 Å². The van der Waals surface area contributed by atoms with Gasteiger partial charge in [-0.15, -0.1) is 0 Å². The molecular formula is C9H14N4O. The maximum Gasteiger partial charge on any atom is 0.255 e. The largest absolute Gasteiger partial charge is 0.313 e. The molecule has 1 aromatic rings. The minimum Gasteiger partial charge on any atom is -0.313 e. The van der Waals surface area contributed by atoms with Gasteiger partial charge >= 0.3 is 0 Å². The molecule has 5 nitrogen and oxygen atoms in total. The number of likely N-dealkylation sites (N-methyl/N-ethyl adjacent to an activating group) is 1. The Hall–Kier alpha value is -1.20. The van der Waals surface area contributed by atoms with Crippen molar-refractivity contribution in [2.45, 2.75) is 6.04 Å². The van der Waals surface area contributed by atoms with Crippen LogP contribution in [0.15, 0.2) is 17.3 Å². The highest BCUT2D eigenvalue weighted by Gasteiger charge is 2.20. The van der Waals surface area contributed by atoms with Gasteiger partial charge in [-0.05, 0) is 7.05 Å². The van der Waals surface area contributed by atoms with E-state index in [0.29, 0.717) is 0 Å². The van der Waals surface area contributed by atoms with Crippen molar-refractivity contribution in [1.29, 1.82) is 0 Å². The molecule has 1 atom stereocenters. The van der Waals surface area contributed by atoms with Gasteiger partial charge in [-0.1, -0.05) is 0 Å². The second-order valence-electron chi connectivity index (χ2n) is 3.61. The summed E-state index contributed by atoms with van der Waals surface area (Å²) >= 11 is 0. The zero-order chi connectivity index (χ0) is 9.97. The van der Waals surface area contributed by atoms with E-state index in [1.54, 1.807) is 6.20 Å². The molecule has 1 unspecified atom stereocenters. The summed E-state index contributed by atoms with van der Waals surface area (Å²) in [6.07, 6.45) is 3.05. The van der Waals surface area contributed by atoms with Gasteiger partial charge in [0, 0.05) is 25.8 Å². The summed E-state index contributed by atoms with van der Waals surface area (Å²) in [5.41, 5.74) is 0.673. The van der Waals surface area contributed by atoms with Crippen molar-refractivity contribution in [3.63, 3.8) is 0 Å². The molecule has 0 radical (unpaired) electrons. The number of aromatic nitrogens is 2. The van der Waals surface area contributed by atoms with Crippen molar-refractivity contribution in [2.75, 3.05) is 26.7 Å². The van der Waals surface area contributed by atoms with Crippen LogP contribution in [-0.2, 0) is 0 Å². The molecule has 1 aliphatic rings. The summed E-state index contributed by atoms with van der Waals surface area (Å²) < 4.78 is 0. The van der Waals surface area contributed by atoms with Crippen LogP contribution < -0.4 is 10.9 Å². The van der Waals surface area contributed by atoms with Crippen LogP contribution in [-0.4, -0.2) is 41.5 Å². The fraction of sp³-hybridized carbons (Fsp3) is 0.556. The van der Waals surface area contributed by atoms with Gasteiger partial charge in [0.15, 0.2) is 0 Å². The quantitative estimate of drug-likeness (QED) is 0.623. The van der Waals surface area contributed by atoms with Crippen molar-refractivity contribution >= 4 is 0 Å². The number of hydrogen-bond acceptors (Lipinski definition) is 4. The maximum atomic E-state index is 11.5. The second-order valence-corrected chi connectivity index (χ2v) is 3.61. The third-order valence-electron chi connectivity index (χ3n) is 2.50. The summed E-state index contributed by atoms with van der Waals surface area (Å²) in [6.45, 7) is 2.79. The molecule has 1 saturated heterocycles. The van der Waals surface area contributed by atoms with Gasteiger partial charge in [0.2, 0.25) is 0 Å². The SMILES string of the molecule is CN1CCNC(c2cnc[nH]c2=O)C1. The highest BCUT2D eigenvalue weighted by Crippen LogP contribution is 2.10. The normalized spacial score (nSPS) is 23.6. The molecule has 0 saturated carbocycles. The van der Waals surface area contributed by atoms with E-state index in [9.17, 15) is 4.79 Å². The van der Waals surface area contributed by atoms with Gasteiger partial charge in [0.05, 0.1) is 17.9 Å². The fourth-order valence-electron chi connectivity index (χ4n) is 1.71. The lowest BCUT2D eigenvalue weighted by Gasteiger charge is -2.30. The molecule has 0 amide bonds. The summed E-state index contributed by atoms with van der Waals surface area (Å²) in [7, 11) is 2.05. The average Bonchev–Trinajstić information content (AvgIpc) is 2.18. The third kappa shape index (κ3) is 1.83. The van der Waals surface area contributed by atoms with Crippen LogP contribution >= 0.6 is 0 Å². The lowest BCUT2D eigenvalue weighted by molar-refractivity contribution is 0.239. The number of nitrogens with one attached hydrogen (secondary N) is 2. The summed E-state index contributed by atoms with van der Waals surface area (Å²) in [5.74, 6) is 0. The van der Waals surface area contributed by atoms with E-state index in [0.717, 1.165) is 25.2 Å². The molecule has 76 valence electrons. The molecule has 0 spiro atoms. The number of H-pyrrole nitrogens is 1. The number of aromatic amines is 1. The minimum absolute atomic E-state index is 0.0483. The first kappa shape index (κ1) is 9.36. The van der Waals surface area contributed by atoms with Crippen LogP contribution in [0.25, 0.3) is 0 Å². The highest BCUT2D eigenvalue weighted by atomic mass is 16.1. The van der Waals surface area contributed by atoms with Crippen LogP contribution in [0.2, 0.25) is 0 Å². The maximum absolute atomic E-state index is 11.5. The average molecular weight is 194 g/mol. The Morgan fingerprint density at radius 1 is 1.64 bits per heavy atom. The first-order valence-corrected chi connectivity index (χ1v) is 4.72. The van der Waals surface area contributed by atoms with E-state index in [1.807, 2.05) is 0 Å². The van der Waals surface area contributed by atoms with Gasteiger partial charge in [-0.2, -0.15) is 0 Å². The van der Waals surface area contributed by atoms with E-state index in [-0.39, 0.29) is 11.6 Å². The minimum atomic E-state index is -0.0483. The molecule has 0 aromatic carbocycles. The Labute approximate surface area is 82.2 Å². The predicted octanol–water partition coefficient (Wildman–Crippen LogP) is -0.654. The van der Waals surface area contributed by atoms with E-state index >= 15 is 0 Å². The van der Waals surface area contributed by atoms with E-state index < -0.39 is 0 Å². The Morgan fingerprint density at radius 2 is 2.50 bits per heavy atom. The summed E-state index contributed by atoms with van der Waals surface area (Å²) in [6, 6.07) is 0.103. The molecule has 0 aliphatic carbocycles. The predicted molar refractivity (Wildman–Crippen MR) is 53.1 cm³/mol. The topological polar surface area (TPSA) is 61.0 Å². The number of nitrogens with zero attached hydrogens (tertiary/aromatic N) is 2. The molecule has 1 fully saturated rings. The van der Waals surface area contributed by atoms with Crippen LogP contribution in [0.4, 0.5) is 0 Å². The third-order valence-corrected chi connectivity index (χ3v) is 2.50. The van der Waals surface area contributed by atoms with Gasteiger partial charge in [-0.25, -0.2) is 4.98 Å². The van der Waals surface area contributed by atoms with Crippen molar-refractivity contribution in [1.82, 2.24) is 20.2 Å². The second kappa shape index (κ2) is 3.89. The molecule has 2 rings (SSSR count). The Morgan fingerprint density at radius 3 is 3.21 bits per heavy atom. The van der Waals surface area contributed by atoms with Crippen LogP contribution in [0.5, 0.6) is 0 Å². The Bertz CT molecular complexity index is 362. The molecule has 2 heterocycles. The zero-order valence-corrected chi connectivity index (χ0v) is 8.16. The molecule has 14 heavy (non-hydrogen) atoms. The van der Waals surface area contributed by atoms with Crippen molar-refractivity contribution in [2.24, 2.45) is 0 Å². The van der Waals surface area contributed by atoms with Crippen molar-refractivity contribution < 1.29 is 0 Å². The van der Waals surface area contributed by atoms with Gasteiger partial charge < -0.3 is 15.2 Å². The van der Waals surface area contributed by atoms with E-state index in [4.69, 9.17) is 0 Å². The monoisotopic (exact) mass is 194 g/mol. The first-order chi connectivity index (χ1) is 6.77. The number of hydrogen-bond donors (Lipinski definition) is 2. The summed E-state index contributed by atoms with van der Waals surface area (Å²) in [5, 5.41) is 3.30. The van der Waals surface area contributed by atoms with Gasteiger partial charge in [-0.3, -0.25) is 4.79 Å². The Balaban J connectivity index is 2.22. The molecule has 1 aromatic heterocycles. The van der Waals surface area contributed by atoms with Crippen LogP contribution in [0.3, 0.4) is 0 Å². The van der Waals surface area contributed by atoms with Gasteiger partial charge in [0.1, 0.15) is 0 Å².